The molecule has 7 nitrogen and oxygen atoms in total. The second-order valence-corrected chi connectivity index (χ2v) is 8.73. The van der Waals surface area contributed by atoms with E-state index in [0.29, 0.717) is 21.4 Å². The number of ether oxygens (including phenoxy) is 1. The van der Waals surface area contributed by atoms with Gasteiger partial charge in [0.1, 0.15) is 5.75 Å². The molecule has 0 saturated heterocycles. The first-order valence-corrected chi connectivity index (χ1v) is 10.3. The molecule has 0 heterocycles. The molecule has 28 heavy (non-hydrogen) atoms. The van der Waals surface area contributed by atoms with Crippen LogP contribution in [0.5, 0.6) is 5.75 Å². The van der Waals surface area contributed by atoms with Crippen LogP contribution < -0.4 is 10.2 Å². The van der Waals surface area contributed by atoms with Crippen LogP contribution >= 0.6 is 34.8 Å². The molecule has 0 spiro atoms. The molecule has 0 bridgehead atoms. The molecule has 0 aliphatic rings. The summed E-state index contributed by atoms with van der Waals surface area (Å²) in [6.45, 7) is -0.452. The lowest BCUT2D eigenvalue weighted by Crippen LogP contribution is -2.36. The van der Waals surface area contributed by atoms with Gasteiger partial charge in [-0.25, -0.2) is 13.8 Å². The Hall–Kier alpha value is -1.84. The van der Waals surface area contributed by atoms with Gasteiger partial charge in [0.25, 0.3) is 5.91 Å². The Kier molecular flexibility index (Phi) is 7.68. The number of methoxy groups -OCH3 is 1. The zero-order chi connectivity index (χ0) is 20.9. The quantitative estimate of drug-likeness (QED) is 0.502. The molecule has 0 aromatic heterocycles. The summed E-state index contributed by atoms with van der Waals surface area (Å²) in [4.78, 5) is 11.9. The van der Waals surface area contributed by atoms with E-state index in [1.54, 1.807) is 18.2 Å². The van der Waals surface area contributed by atoms with E-state index in [1.165, 1.54) is 38.6 Å². The van der Waals surface area contributed by atoms with Crippen LogP contribution in [-0.2, 0) is 14.8 Å². The summed E-state index contributed by atoms with van der Waals surface area (Å²) in [5, 5.41) is 4.54. The van der Waals surface area contributed by atoms with E-state index >= 15 is 0 Å². The lowest BCUT2D eigenvalue weighted by Gasteiger charge is -2.16. The molecule has 2 rings (SSSR count). The van der Waals surface area contributed by atoms with E-state index in [0.717, 1.165) is 4.31 Å². The van der Waals surface area contributed by atoms with Gasteiger partial charge in [-0.15, -0.1) is 0 Å². The van der Waals surface area contributed by atoms with Gasteiger partial charge in [-0.2, -0.15) is 9.41 Å². The van der Waals surface area contributed by atoms with Crippen LogP contribution in [-0.4, -0.2) is 45.5 Å². The van der Waals surface area contributed by atoms with Gasteiger partial charge < -0.3 is 4.74 Å². The number of rotatable bonds is 7. The molecule has 0 atom stereocenters. The Balaban J connectivity index is 2.03. The maximum absolute atomic E-state index is 12.6. The minimum Gasteiger partial charge on any atom is -0.495 e. The number of hydrogen-bond donors (Lipinski definition) is 1. The highest BCUT2D eigenvalue weighted by molar-refractivity contribution is 7.89. The highest BCUT2D eigenvalue weighted by atomic mass is 35.5. The maximum Gasteiger partial charge on any atom is 0.255 e. The van der Waals surface area contributed by atoms with E-state index in [2.05, 4.69) is 10.5 Å². The molecule has 0 aliphatic heterocycles. The number of nitrogens with one attached hydrogen (secondary N) is 1. The van der Waals surface area contributed by atoms with E-state index in [1.807, 2.05) is 0 Å². The van der Waals surface area contributed by atoms with Crippen LogP contribution in [0.25, 0.3) is 0 Å². The van der Waals surface area contributed by atoms with Crippen LogP contribution in [0.3, 0.4) is 0 Å². The molecule has 1 N–H and O–H groups in total. The van der Waals surface area contributed by atoms with Gasteiger partial charge >= 0.3 is 0 Å². The second kappa shape index (κ2) is 9.58. The van der Waals surface area contributed by atoms with Crippen molar-refractivity contribution >= 4 is 56.9 Å². The fraction of sp³-hybridized carbons (Fsp3) is 0.176. The lowest BCUT2D eigenvalue weighted by atomic mass is 10.2. The molecule has 2 aromatic carbocycles. The molecule has 0 radical (unpaired) electrons. The number of hydrogen-bond acceptors (Lipinski definition) is 5. The molecular weight excluding hydrogens is 449 g/mol. The van der Waals surface area contributed by atoms with Crippen LogP contribution in [0.4, 0.5) is 0 Å². The average molecular weight is 465 g/mol. The topological polar surface area (TPSA) is 88.1 Å². The van der Waals surface area contributed by atoms with Crippen LogP contribution in [0, 0.1) is 0 Å². The van der Waals surface area contributed by atoms with E-state index in [4.69, 9.17) is 39.5 Å². The normalized spacial score (nSPS) is 11.8. The predicted molar refractivity (Wildman–Crippen MR) is 110 cm³/mol. The summed E-state index contributed by atoms with van der Waals surface area (Å²) in [6, 6.07) is 8.98. The highest BCUT2D eigenvalue weighted by Gasteiger charge is 2.23. The van der Waals surface area contributed by atoms with Crippen LogP contribution in [0.2, 0.25) is 15.1 Å². The summed E-state index contributed by atoms with van der Waals surface area (Å²) in [5.74, 6) is -0.296. The third-order valence-electron chi connectivity index (χ3n) is 3.57. The van der Waals surface area contributed by atoms with Gasteiger partial charge in [0.2, 0.25) is 10.0 Å². The third-order valence-corrected chi connectivity index (χ3v) is 6.50. The molecule has 0 aliphatic carbocycles. The number of likely N-dealkylation sites (N-methyl/N-ethyl adjacent to an activating group) is 1. The first kappa shape index (κ1) is 22.4. The Bertz CT molecular complexity index is 1010. The number of amides is 1. The number of sulfonamides is 1. The van der Waals surface area contributed by atoms with Crippen molar-refractivity contribution in [1.29, 1.82) is 0 Å². The van der Waals surface area contributed by atoms with Crippen LogP contribution in [0.15, 0.2) is 46.4 Å². The van der Waals surface area contributed by atoms with Crippen molar-refractivity contribution in [3.05, 3.63) is 57.0 Å². The Morgan fingerprint density at radius 1 is 1.21 bits per heavy atom. The number of carbonyl (C=O) groups excluding carboxylic acids is 1. The Morgan fingerprint density at radius 3 is 2.57 bits per heavy atom. The summed E-state index contributed by atoms with van der Waals surface area (Å²) in [6.07, 6.45) is 1.31. The summed E-state index contributed by atoms with van der Waals surface area (Å²) >= 11 is 17.9. The van der Waals surface area contributed by atoms with Gasteiger partial charge in [-0.3, -0.25) is 4.79 Å². The van der Waals surface area contributed by atoms with Crippen molar-refractivity contribution in [2.75, 3.05) is 20.7 Å². The smallest absolute Gasteiger partial charge is 0.255 e. The second-order valence-electron chi connectivity index (χ2n) is 5.49. The van der Waals surface area contributed by atoms with Gasteiger partial charge in [0, 0.05) is 12.6 Å². The van der Waals surface area contributed by atoms with E-state index < -0.39 is 22.5 Å². The number of halogens is 3. The first-order chi connectivity index (χ1) is 13.2. The number of nitrogens with zero attached hydrogens (tertiary/aromatic N) is 2. The zero-order valence-electron chi connectivity index (χ0n) is 14.8. The monoisotopic (exact) mass is 463 g/mol. The standard InChI is InChI=1S/C17H16Cl3N3O4S/c1-23(28(25,26)12-6-7-15(27-2)14(19)8-12)10-16(24)22-21-9-11-4-3-5-13(18)17(11)20/h3-9H,10H2,1-2H3,(H,22,24)/b21-9+. The van der Waals surface area contributed by atoms with Gasteiger partial charge in [-0.05, 0) is 24.3 Å². The minimum atomic E-state index is -3.93. The molecule has 2 aromatic rings. The fourth-order valence-electron chi connectivity index (χ4n) is 2.10. The van der Waals surface area contributed by atoms with E-state index in [-0.39, 0.29) is 9.92 Å². The van der Waals surface area contributed by atoms with Crippen molar-refractivity contribution in [3.8, 4) is 5.75 Å². The summed E-state index contributed by atoms with van der Waals surface area (Å²) in [7, 11) is -1.24. The molecule has 0 unspecified atom stereocenters. The molecular formula is C17H16Cl3N3O4S. The van der Waals surface area contributed by atoms with Gasteiger partial charge in [0.15, 0.2) is 0 Å². The average Bonchev–Trinajstić information content (AvgIpc) is 2.65. The number of hydrazone groups is 1. The van der Waals surface area contributed by atoms with Crippen molar-refractivity contribution in [3.63, 3.8) is 0 Å². The SMILES string of the molecule is COc1ccc(S(=O)(=O)N(C)CC(=O)N/N=C/c2cccc(Cl)c2Cl)cc1Cl. The molecule has 1 amide bonds. The van der Waals surface area contributed by atoms with Crippen molar-refractivity contribution in [2.45, 2.75) is 4.90 Å². The third kappa shape index (κ3) is 5.36. The Labute approximate surface area is 177 Å². The fourth-order valence-corrected chi connectivity index (χ4v) is 3.94. The Morgan fingerprint density at radius 2 is 1.93 bits per heavy atom. The van der Waals surface area contributed by atoms with Gasteiger partial charge in [-0.1, -0.05) is 46.9 Å². The first-order valence-electron chi connectivity index (χ1n) is 7.72. The van der Waals surface area contributed by atoms with Crippen molar-refractivity contribution in [1.82, 2.24) is 9.73 Å². The minimum absolute atomic E-state index is 0.0668. The number of benzene rings is 2. The predicted octanol–water partition coefficient (Wildman–Crippen LogP) is 3.43. The molecule has 0 fully saturated rings. The maximum atomic E-state index is 12.6. The largest absolute Gasteiger partial charge is 0.495 e. The summed E-state index contributed by atoms with van der Waals surface area (Å²) < 4.78 is 31.0. The molecule has 0 saturated carbocycles. The lowest BCUT2D eigenvalue weighted by molar-refractivity contribution is -0.121. The van der Waals surface area contributed by atoms with Crippen molar-refractivity contribution in [2.24, 2.45) is 5.10 Å². The van der Waals surface area contributed by atoms with Crippen molar-refractivity contribution < 1.29 is 17.9 Å². The summed E-state index contributed by atoms with van der Waals surface area (Å²) in [5.41, 5.74) is 2.74. The van der Waals surface area contributed by atoms with Gasteiger partial charge in [0.05, 0.1) is 39.8 Å². The van der Waals surface area contributed by atoms with E-state index in [9.17, 15) is 13.2 Å². The molecule has 11 heteroatoms. The molecule has 150 valence electrons. The zero-order valence-corrected chi connectivity index (χ0v) is 17.9. The van der Waals surface area contributed by atoms with Crippen LogP contribution in [0.1, 0.15) is 5.56 Å². The number of carbonyl (C=O) groups is 1. The highest BCUT2D eigenvalue weighted by Crippen LogP contribution is 2.28.